The fourth-order valence-electron chi connectivity index (χ4n) is 2.70. The van der Waals surface area contributed by atoms with Gasteiger partial charge in [-0.1, -0.05) is 42.1 Å². The van der Waals surface area contributed by atoms with Gasteiger partial charge in [-0.2, -0.15) is 0 Å². The Labute approximate surface area is 160 Å². The van der Waals surface area contributed by atoms with E-state index < -0.39 is 0 Å². The molecule has 0 aliphatic heterocycles. The molecule has 3 aromatic rings. The van der Waals surface area contributed by atoms with E-state index in [2.05, 4.69) is 4.98 Å². The highest BCUT2D eigenvalue weighted by molar-refractivity contribution is 8.00. The number of hydrogen-bond acceptors (Lipinski definition) is 5. The van der Waals surface area contributed by atoms with Gasteiger partial charge in [0.15, 0.2) is 5.16 Å². The summed E-state index contributed by atoms with van der Waals surface area (Å²) in [6, 6.07) is 11.7. The molecule has 0 radical (unpaired) electrons. The van der Waals surface area contributed by atoms with Gasteiger partial charge in [0.05, 0.1) is 10.6 Å². The minimum Gasteiger partial charge on any atom is -0.338 e. The molecule has 136 valence electrons. The van der Waals surface area contributed by atoms with Crippen LogP contribution in [-0.4, -0.2) is 32.2 Å². The van der Waals surface area contributed by atoms with E-state index in [1.807, 2.05) is 54.5 Å². The maximum absolute atomic E-state index is 12.9. The minimum atomic E-state index is -0.325. The first-order chi connectivity index (χ1) is 12.5. The van der Waals surface area contributed by atoms with E-state index in [0.29, 0.717) is 28.5 Å². The van der Waals surface area contributed by atoms with Crippen molar-refractivity contribution in [2.75, 3.05) is 6.54 Å². The molecule has 0 N–H and O–H groups in total. The molecule has 1 amide bonds. The van der Waals surface area contributed by atoms with Crippen molar-refractivity contribution in [1.29, 1.82) is 0 Å². The summed E-state index contributed by atoms with van der Waals surface area (Å²) >= 11 is 2.77. The SMILES string of the molecule is CCN(Cc1ccccc1)C(=O)C(C)Sc1nc2sccc2c(=O)n1C. The number of aromatic nitrogens is 2. The molecule has 0 saturated carbocycles. The van der Waals surface area contributed by atoms with Crippen LogP contribution in [0.25, 0.3) is 10.2 Å². The van der Waals surface area contributed by atoms with Crippen LogP contribution in [-0.2, 0) is 18.4 Å². The summed E-state index contributed by atoms with van der Waals surface area (Å²) in [5, 5.41) is 2.73. The topological polar surface area (TPSA) is 55.2 Å². The average molecular weight is 388 g/mol. The summed E-state index contributed by atoms with van der Waals surface area (Å²) in [5.74, 6) is 0.0434. The summed E-state index contributed by atoms with van der Waals surface area (Å²) in [7, 11) is 1.70. The van der Waals surface area contributed by atoms with Gasteiger partial charge in [0.25, 0.3) is 5.56 Å². The van der Waals surface area contributed by atoms with Crippen LogP contribution in [0.4, 0.5) is 0 Å². The Morgan fingerprint density at radius 1 is 1.31 bits per heavy atom. The van der Waals surface area contributed by atoms with Gasteiger partial charge in [-0.3, -0.25) is 14.2 Å². The second kappa shape index (κ2) is 8.05. The van der Waals surface area contributed by atoms with E-state index in [1.165, 1.54) is 27.7 Å². The normalized spacial score (nSPS) is 12.3. The highest BCUT2D eigenvalue weighted by Gasteiger charge is 2.23. The number of carbonyl (C=O) groups is 1. The number of carbonyl (C=O) groups excluding carboxylic acids is 1. The molecular formula is C19H21N3O2S2. The monoisotopic (exact) mass is 387 g/mol. The van der Waals surface area contributed by atoms with Crippen LogP contribution >= 0.6 is 23.1 Å². The number of thioether (sulfide) groups is 1. The highest BCUT2D eigenvalue weighted by Crippen LogP contribution is 2.25. The lowest BCUT2D eigenvalue weighted by Gasteiger charge is -2.24. The summed E-state index contributed by atoms with van der Waals surface area (Å²) in [5.41, 5.74) is 1.03. The Bertz CT molecular complexity index is 966. The first-order valence-corrected chi connectivity index (χ1v) is 10.2. The Balaban J connectivity index is 1.78. The van der Waals surface area contributed by atoms with Crippen molar-refractivity contribution in [2.24, 2.45) is 7.05 Å². The first-order valence-electron chi connectivity index (χ1n) is 8.44. The van der Waals surface area contributed by atoms with E-state index in [0.717, 1.165) is 5.56 Å². The number of rotatable bonds is 6. The lowest BCUT2D eigenvalue weighted by atomic mass is 10.2. The van der Waals surface area contributed by atoms with Gasteiger partial charge in [0, 0.05) is 20.1 Å². The Morgan fingerprint density at radius 3 is 2.73 bits per heavy atom. The van der Waals surface area contributed by atoms with Crippen molar-refractivity contribution in [1.82, 2.24) is 14.5 Å². The molecule has 1 aromatic carbocycles. The molecular weight excluding hydrogens is 366 g/mol. The molecule has 0 bridgehead atoms. The number of nitrogens with zero attached hydrogens (tertiary/aromatic N) is 3. The molecule has 0 fully saturated rings. The third-order valence-corrected chi connectivity index (χ3v) is 6.14. The highest BCUT2D eigenvalue weighted by atomic mass is 32.2. The quantitative estimate of drug-likeness (QED) is 0.480. The molecule has 0 saturated heterocycles. The second-order valence-corrected chi connectivity index (χ2v) is 8.20. The number of benzene rings is 1. The fourth-order valence-corrected chi connectivity index (χ4v) is 4.46. The van der Waals surface area contributed by atoms with Gasteiger partial charge < -0.3 is 4.90 Å². The van der Waals surface area contributed by atoms with Crippen LogP contribution in [0.15, 0.2) is 51.7 Å². The van der Waals surface area contributed by atoms with Gasteiger partial charge in [-0.15, -0.1) is 11.3 Å². The molecule has 0 aliphatic rings. The van der Waals surface area contributed by atoms with Gasteiger partial charge >= 0.3 is 0 Å². The van der Waals surface area contributed by atoms with Crippen LogP contribution in [0.3, 0.4) is 0 Å². The van der Waals surface area contributed by atoms with Crippen molar-refractivity contribution < 1.29 is 4.79 Å². The van der Waals surface area contributed by atoms with E-state index in [4.69, 9.17) is 0 Å². The smallest absolute Gasteiger partial charge is 0.262 e. The van der Waals surface area contributed by atoms with E-state index in [1.54, 1.807) is 13.1 Å². The van der Waals surface area contributed by atoms with Gasteiger partial charge in [-0.25, -0.2) is 4.98 Å². The van der Waals surface area contributed by atoms with Crippen LogP contribution in [0, 0.1) is 0 Å². The predicted molar refractivity (Wildman–Crippen MR) is 108 cm³/mol. The molecule has 5 nitrogen and oxygen atoms in total. The van der Waals surface area contributed by atoms with Crippen LogP contribution < -0.4 is 5.56 Å². The number of amides is 1. The molecule has 0 aliphatic carbocycles. The third-order valence-electron chi connectivity index (χ3n) is 4.20. The van der Waals surface area contributed by atoms with Gasteiger partial charge in [0.2, 0.25) is 5.91 Å². The van der Waals surface area contributed by atoms with Crippen molar-refractivity contribution >= 4 is 39.2 Å². The zero-order valence-electron chi connectivity index (χ0n) is 15.0. The number of thiophene rings is 1. The largest absolute Gasteiger partial charge is 0.338 e. The summed E-state index contributed by atoms with van der Waals surface area (Å²) < 4.78 is 1.52. The number of fused-ring (bicyclic) bond motifs is 1. The predicted octanol–water partition coefficient (Wildman–Crippen LogP) is 3.52. The lowest BCUT2D eigenvalue weighted by molar-refractivity contribution is -0.130. The van der Waals surface area contributed by atoms with E-state index >= 15 is 0 Å². The van der Waals surface area contributed by atoms with Crippen molar-refractivity contribution in [2.45, 2.75) is 30.8 Å². The molecule has 2 aromatic heterocycles. The van der Waals surface area contributed by atoms with Gasteiger partial charge in [0.1, 0.15) is 4.83 Å². The van der Waals surface area contributed by atoms with E-state index in [9.17, 15) is 9.59 Å². The lowest BCUT2D eigenvalue weighted by Crippen LogP contribution is -2.36. The van der Waals surface area contributed by atoms with Crippen molar-refractivity contribution in [3.05, 3.63) is 57.7 Å². The summed E-state index contributed by atoms with van der Waals surface area (Å²) in [6.07, 6.45) is 0. The summed E-state index contributed by atoms with van der Waals surface area (Å²) in [4.78, 5) is 32.4. The average Bonchev–Trinajstić information content (AvgIpc) is 3.12. The Hall–Kier alpha value is -2.12. The molecule has 3 rings (SSSR count). The number of hydrogen-bond donors (Lipinski definition) is 0. The van der Waals surface area contributed by atoms with Crippen LogP contribution in [0.5, 0.6) is 0 Å². The molecule has 0 spiro atoms. The Kier molecular flexibility index (Phi) is 5.78. The second-order valence-electron chi connectivity index (χ2n) is 6.00. The van der Waals surface area contributed by atoms with Crippen molar-refractivity contribution in [3.8, 4) is 0 Å². The van der Waals surface area contributed by atoms with Crippen molar-refractivity contribution in [3.63, 3.8) is 0 Å². The van der Waals surface area contributed by atoms with Gasteiger partial charge in [-0.05, 0) is 30.9 Å². The molecule has 2 heterocycles. The minimum absolute atomic E-state index is 0.0434. The fraction of sp³-hybridized carbons (Fsp3) is 0.316. The maximum atomic E-state index is 12.9. The first kappa shape index (κ1) is 18.7. The van der Waals surface area contributed by atoms with Crippen LogP contribution in [0.1, 0.15) is 19.4 Å². The zero-order chi connectivity index (χ0) is 18.7. The third kappa shape index (κ3) is 3.83. The molecule has 1 unspecified atom stereocenters. The summed E-state index contributed by atoms with van der Waals surface area (Å²) in [6.45, 7) is 5.06. The standard InChI is InChI=1S/C19H21N3O2S2/c1-4-22(12-14-8-6-5-7-9-14)17(23)13(2)26-19-20-16-15(10-11-25-16)18(24)21(19)3/h5-11,13H,4,12H2,1-3H3. The Morgan fingerprint density at radius 2 is 2.04 bits per heavy atom. The molecule has 1 atom stereocenters. The van der Waals surface area contributed by atoms with E-state index in [-0.39, 0.29) is 16.7 Å². The maximum Gasteiger partial charge on any atom is 0.262 e. The molecule has 7 heteroatoms. The molecule has 26 heavy (non-hydrogen) atoms. The van der Waals surface area contributed by atoms with Crippen LogP contribution in [0.2, 0.25) is 0 Å². The zero-order valence-corrected chi connectivity index (χ0v) is 16.6.